The second-order valence-electron chi connectivity index (χ2n) is 4.65. The Balaban J connectivity index is 1.97. The van der Waals surface area contributed by atoms with Gasteiger partial charge < -0.3 is 15.5 Å². The highest BCUT2D eigenvalue weighted by Crippen LogP contribution is 2.21. The van der Waals surface area contributed by atoms with E-state index in [-0.39, 0.29) is 24.0 Å². The molecule has 0 spiro atoms. The summed E-state index contributed by atoms with van der Waals surface area (Å²) in [6, 6.07) is 6.72. The molecular formula is C13H16N2O4S. The lowest BCUT2D eigenvalue weighted by Crippen LogP contribution is -2.25. The van der Waals surface area contributed by atoms with Crippen molar-refractivity contribution in [2.75, 3.05) is 24.3 Å². The minimum absolute atomic E-state index is 0.0456. The molecule has 3 N–H and O–H groups in total. The molecule has 0 aliphatic carbocycles. The van der Waals surface area contributed by atoms with Gasteiger partial charge in [-0.3, -0.25) is 4.79 Å². The van der Waals surface area contributed by atoms with E-state index in [0.717, 1.165) is 5.39 Å². The molecule has 2 aromatic rings. The molecule has 7 heteroatoms. The van der Waals surface area contributed by atoms with Crippen molar-refractivity contribution >= 4 is 32.4 Å². The van der Waals surface area contributed by atoms with Gasteiger partial charge in [0, 0.05) is 23.9 Å². The summed E-state index contributed by atoms with van der Waals surface area (Å²) < 4.78 is 27.3. The summed E-state index contributed by atoms with van der Waals surface area (Å²) in [7, 11) is -3.00. The molecule has 1 amide bonds. The average molecular weight is 296 g/mol. The summed E-state index contributed by atoms with van der Waals surface area (Å²) >= 11 is 0. The van der Waals surface area contributed by atoms with Gasteiger partial charge in [-0.15, -0.1) is 0 Å². The Bertz CT molecular complexity index is 734. The predicted octanol–water partition coefficient (Wildman–Crippen LogP) is 1.18. The van der Waals surface area contributed by atoms with Crippen molar-refractivity contribution < 1.29 is 17.6 Å². The number of carbonyl (C=O) groups is 1. The number of nitrogen functional groups attached to an aromatic ring is 1. The van der Waals surface area contributed by atoms with E-state index in [1.54, 1.807) is 24.3 Å². The van der Waals surface area contributed by atoms with Crippen LogP contribution < -0.4 is 11.1 Å². The van der Waals surface area contributed by atoms with Crippen LogP contribution in [0.5, 0.6) is 0 Å². The molecule has 0 unspecified atom stereocenters. The van der Waals surface area contributed by atoms with Gasteiger partial charge in [0.25, 0.3) is 5.91 Å². The Morgan fingerprint density at radius 3 is 2.80 bits per heavy atom. The maximum absolute atomic E-state index is 11.8. The summed E-state index contributed by atoms with van der Waals surface area (Å²) in [6.45, 7) is 0.283. The van der Waals surface area contributed by atoms with Crippen LogP contribution in [0.1, 0.15) is 17.0 Å². The van der Waals surface area contributed by atoms with Crippen LogP contribution in [-0.4, -0.2) is 32.9 Å². The SMILES string of the molecule is CS(=O)(=O)CCCNC(=O)c1cc2cc(N)ccc2o1. The first-order chi connectivity index (χ1) is 9.35. The van der Waals surface area contributed by atoms with E-state index < -0.39 is 9.84 Å². The first-order valence-corrected chi connectivity index (χ1v) is 8.16. The van der Waals surface area contributed by atoms with Crippen molar-refractivity contribution in [2.24, 2.45) is 0 Å². The van der Waals surface area contributed by atoms with Crippen molar-refractivity contribution in [1.82, 2.24) is 5.32 Å². The Morgan fingerprint density at radius 2 is 2.10 bits per heavy atom. The third-order valence-electron chi connectivity index (χ3n) is 2.74. The lowest BCUT2D eigenvalue weighted by atomic mass is 10.2. The lowest BCUT2D eigenvalue weighted by Gasteiger charge is -2.01. The Labute approximate surface area is 116 Å². The number of sulfone groups is 1. The number of nitrogens with one attached hydrogen (secondary N) is 1. The summed E-state index contributed by atoms with van der Waals surface area (Å²) in [5.74, 6) is -0.137. The zero-order chi connectivity index (χ0) is 14.8. The maximum atomic E-state index is 11.8. The minimum Gasteiger partial charge on any atom is -0.451 e. The van der Waals surface area contributed by atoms with E-state index in [1.807, 2.05) is 0 Å². The van der Waals surface area contributed by atoms with Crippen LogP contribution in [-0.2, 0) is 9.84 Å². The van der Waals surface area contributed by atoms with Crippen LogP contribution in [0.15, 0.2) is 28.7 Å². The summed E-state index contributed by atoms with van der Waals surface area (Å²) in [5, 5.41) is 3.37. The molecule has 0 aliphatic rings. The molecule has 0 radical (unpaired) electrons. The van der Waals surface area contributed by atoms with Crippen molar-refractivity contribution in [2.45, 2.75) is 6.42 Å². The third kappa shape index (κ3) is 3.74. The molecule has 1 aromatic carbocycles. The zero-order valence-electron chi connectivity index (χ0n) is 11.0. The summed E-state index contributed by atoms with van der Waals surface area (Å²) in [4.78, 5) is 11.8. The smallest absolute Gasteiger partial charge is 0.287 e. The fourth-order valence-electron chi connectivity index (χ4n) is 1.80. The summed E-state index contributed by atoms with van der Waals surface area (Å²) in [5.41, 5.74) is 6.83. The van der Waals surface area contributed by atoms with Gasteiger partial charge in [-0.2, -0.15) is 0 Å². The van der Waals surface area contributed by atoms with Gasteiger partial charge in [-0.25, -0.2) is 8.42 Å². The van der Waals surface area contributed by atoms with Crippen LogP contribution in [0.3, 0.4) is 0 Å². The number of carbonyl (C=O) groups excluding carboxylic acids is 1. The molecule has 1 heterocycles. The van der Waals surface area contributed by atoms with Crippen molar-refractivity contribution in [1.29, 1.82) is 0 Å². The molecule has 1 aromatic heterocycles. The molecule has 6 nitrogen and oxygen atoms in total. The number of hydrogen-bond acceptors (Lipinski definition) is 5. The normalized spacial score (nSPS) is 11.7. The predicted molar refractivity (Wildman–Crippen MR) is 77.3 cm³/mol. The lowest BCUT2D eigenvalue weighted by molar-refractivity contribution is 0.0928. The average Bonchev–Trinajstić information content (AvgIpc) is 2.76. The van der Waals surface area contributed by atoms with Crippen LogP contribution in [0.2, 0.25) is 0 Å². The van der Waals surface area contributed by atoms with Gasteiger partial charge in [0.15, 0.2) is 5.76 Å². The molecule has 0 aliphatic heterocycles. The highest BCUT2D eigenvalue weighted by Gasteiger charge is 2.12. The van der Waals surface area contributed by atoms with Crippen molar-refractivity contribution in [3.05, 3.63) is 30.0 Å². The molecule has 0 fully saturated rings. The van der Waals surface area contributed by atoms with E-state index in [4.69, 9.17) is 10.2 Å². The number of hydrogen-bond donors (Lipinski definition) is 2. The number of benzene rings is 1. The topological polar surface area (TPSA) is 102 Å². The van der Waals surface area contributed by atoms with Gasteiger partial charge in [-0.05, 0) is 30.7 Å². The standard InChI is InChI=1S/C13H16N2O4S/c1-20(17,18)6-2-5-15-13(16)12-8-9-7-10(14)3-4-11(9)19-12/h3-4,7-8H,2,5-6,14H2,1H3,(H,15,16). The second-order valence-corrected chi connectivity index (χ2v) is 6.91. The monoisotopic (exact) mass is 296 g/mol. The Hall–Kier alpha value is -2.02. The molecular weight excluding hydrogens is 280 g/mol. The number of nitrogens with two attached hydrogens (primary N) is 1. The highest BCUT2D eigenvalue weighted by atomic mass is 32.2. The van der Waals surface area contributed by atoms with Crippen LogP contribution in [0.25, 0.3) is 11.0 Å². The van der Waals surface area contributed by atoms with Gasteiger partial charge in [0.05, 0.1) is 5.75 Å². The minimum atomic E-state index is -3.00. The number of fused-ring (bicyclic) bond motifs is 1. The maximum Gasteiger partial charge on any atom is 0.287 e. The fraction of sp³-hybridized carbons (Fsp3) is 0.308. The van der Waals surface area contributed by atoms with Crippen LogP contribution in [0.4, 0.5) is 5.69 Å². The first-order valence-electron chi connectivity index (χ1n) is 6.10. The van der Waals surface area contributed by atoms with Crippen LogP contribution in [0, 0.1) is 0 Å². The molecule has 2 rings (SSSR count). The van der Waals surface area contributed by atoms with E-state index in [0.29, 0.717) is 17.7 Å². The Kier molecular flexibility index (Phi) is 3.99. The van der Waals surface area contributed by atoms with E-state index in [1.165, 1.54) is 6.26 Å². The van der Waals surface area contributed by atoms with Gasteiger partial charge in [-0.1, -0.05) is 0 Å². The quantitative estimate of drug-likeness (QED) is 0.637. The number of amides is 1. The summed E-state index contributed by atoms with van der Waals surface area (Å²) in [6.07, 6.45) is 1.54. The van der Waals surface area contributed by atoms with E-state index >= 15 is 0 Å². The second kappa shape index (κ2) is 5.54. The number of furan rings is 1. The van der Waals surface area contributed by atoms with Gasteiger partial charge >= 0.3 is 0 Å². The largest absolute Gasteiger partial charge is 0.451 e. The van der Waals surface area contributed by atoms with Crippen LogP contribution >= 0.6 is 0 Å². The number of rotatable bonds is 5. The fourth-order valence-corrected chi connectivity index (χ4v) is 2.47. The molecule has 0 saturated carbocycles. The molecule has 20 heavy (non-hydrogen) atoms. The molecule has 108 valence electrons. The third-order valence-corrected chi connectivity index (χ3v) is 3.77. The van der Waals surface area contributed by atoms with E-state index in [9.17, 15) is 13.2 Å². The van der Waals surface area contributed by atoms with Crippen molar-refractivity contribution in [3.8, 4) is 0 Å². The highest BCUT2D eigenvalue weighted by molar-refractivity contribution is 7.90. The number of anilines is 1. The molecule has 0 saturated heterocycles. The van der Waals surface area contributed by atoms with Gasteiger partial charge in [0.1, 0.15) is 15.4 Å². The Morgan fingerprint density at radius 1 is 1.35 bits per heavy atom. The van der Waals surface area contributed by atoms with E-state index in [2.05, 4.69) is 5.32 Å². The molecule has 0 bridgehead atoms. The zero-order valence-corrected chi connectivity index (χ0v) is 11.9. The first kappa shape index (κ1) is 14.4. The van der Waals surface area contributed by atoms with Crippen molar-refractivity contribution in [3.63, 3.8) is 0 Å². The molecule has 0 atom stereocenters. The van der Waals surface area contributed by atoms with Gasteiger partial charge in [0.2, 0.25) is 0 Å².